The molecule has 2 unspecified atom stereocenters. The zero-order chi connectivity index (χ0) is 17.4. The van der Waals surface area contributed by atoms with E-state index in [-0.39, 0.29) is 36.9 Å². The Morgan fingerprint density at radius 1 is 1.04 bits per heavy atom. The predicted molar refractivity (Wildman–Crippen MR) is 98.6 cm³/mol. The van der Waals surface area contributed by atoms with Gasteiger partial charge < -0.3 is 21.0 Å². The average molecular weight is 472 g/mol. The van der Waals surface area contributed by atoms with Crippen molar-refractivity contribution in [3.8, 4) is 0 Å². The van der Waals surface area contributed by atoms with Gasteiger partial charge in [0.05, 0.1) is 5.71 Å². The summed E-state index contributed by atoms with van der Waals surface area (Å²) in [5.41, 5.74) is 1.39. The van der Waals surface area contributed by atoms with Crippen molar-refractivity contribution >= 4 is 36.2 Å². The molecule has 0 heterocycles. The zero-order valence-corrected chi connectivity index (χ0v) is 18.2. The van der Waals surface area contributed by atoms with Crippen LogP contribution in [0.2, 0.25) is 0 Å². The molecule has 0 saturated carbocycles. The second-order valence-electron chi connectivity index (χ2n) is 4.94. The topological polar surface area (TPSA) is 108 Å². The third kappa shape index (κ3) is 15.4. The second-order valence-corrected chi connectivity index (χ2v) is 4.94. The summed E-state index contributed by atoms with van der Waals surface area (Å²) in [4.78, 5) is 0. The van der Waals surface area contributed by atoms with Crippen LogP contribution in [-0.2, 0) is 22.4 Å². The number of hydrogen-bond acceptors (Lipinski definition) is 6. The van der Waals surface area contributed by atoms with Gasteiger partial charge in [-0.05, 0) is 33.2 Å². The Bertz CT molecular complexity index is 307. The van der Waals surface area contributed by atoms with Crippen LogP contribution in [-0.4, -0.2) is 47.0 Å². The van der Waals surface area contributed by atoms with Crippen LogP contribution in [0.1, 0.15) is 53.4 Å². The van der Waals surface area contributed by atoms with Gasteiger partial charge in [0.15, 0.2) is 0 Å². The van der Waals surface area contributed by atoms with Gasteiger partial charge in [-0.2, -0.15) is 0 Å². The monoisotopic (exact) mass is 470 g/mol. The molecule has 3 N–H and O–H groups in total. The Labute approximate surface area is 168 Å². The van der Waals surface area contributed by atoms with Crippen molar-refractivity contribution in [2.24, 2.45) is 10.3 Å². The van der Waals surface area contributed by atoms with Gasteiger partial charge in [0.1, 0.15) is 0 Å². The summed E-state index contributed by atoms with van der Waals surface area (Å²) in [5.74, 6) is 0. The van der Waals surface area contributed by atoms with E-state index in [4.69, 9.17) is 13.9 Å². The first kappa shape index (κ1) is 31.6. The van der Waals surface area contributed by atoms with E-state index in [0.29, 0.717) is 5.71 Å². The van der Waals surface area contributed by atoms with Gasteiger partial charge in [0.2, 0.25) is 0 Å². The fourth-order valence-corrected chi connectivity index (χ4v) is 2.04. The molecule has 2 atom stereocenters. The van der Waals surface area contributed by atoms with Crippen molar-refractivity contribution in [2.75, 3.05) is 13.1 Å². The molecule has 0 rings (SSSR count). The van der Waals surface area contributed by atoms with E-state index >= 15 is 0 Å². The average Bonchev–Trinajstić information content (AvgIpc) is 2.58. The quantitative estimate of drug-likeness (QED) is 0.184. The molecule has 0 aliphatic heterocycles. The van der Waals surface area contributed by atoms with Crippen LogP contribution in [0.15, 0.2) is 10.3 Å². The first-order chi connectivity index (χ1) is 10.6. The second kappa shape index (κ2) is 22.9. The van der Waals surface area contributed by atoms with Crippen molar-refractivity contribution in [3.05, 3.63) is 5.32 Å². The summed E-state index contributed by atoms with van der Waals surface area (Å²) in [5, 5.41) is 31.8. The fourth-order valence-electron chi connectivity index (χ4n) is 2.04. The molecule has 0 radical (unpaired) electrons. The molecule has 0 aromatic rings. The van der Waals surface area contributed by atoms with Crippen LogP contribution < -0.4 is 5.32 Å². The summed E-state index contributed by atoms with van der Waals surface area (Å²) in [6.45, 7) is 9.36. The number of hydrogen-bond donors (Lipinski definition) is 3. The molecule has 0 aromatic heterocycles. The Kier molecular flexibility index (Phi) is 30.2. The number of nitrogens with zero attached hydrogens (tertiary/aromatic N) is 3. The molecule has 0 saturated heterocycles. The number of oxime groups is 2. The molecule has 24 heavy (non-hydrogen) atoms. The molecule has 0 aromatic carbocycles. The summed E-state index contributed by atoms with van der Waals surface area (Å²) < 4.78 is 8.22. The Morgan fingerprint density at radius 2 is 1.58 bits per heavy atom. The van der Waals surface area contributed by atoms with E-state index in [1.165, 1.54) is 0 Å². The van der Waals surface area contributed by atoms with Crippen molar-refractivity contribution < 1.29 is 32.8 Å². The molecular formula is C14H31Cl2N4O3Tc+. The number of rotatable bonds is 11. The van der Waals surface area contributed by atoms with Gasteiger partial charge in [0.25, 0.3) is 0 Å². The van der Waals surface area contributed by atoms with E-state index in [2.05, 4.69) is 27.9 Å². The molecule has 0 fully saturated rings. The van der Waals surface area contributed by atoms with Gasteiger partial charge in [-0.25, -0.2) is 0 Å². The fraction of sp³-hybridized carbons (Fsp3) is 0.857. The minimum atomic E-state index is 0. The van der Waals surface area contributed by atoms with Gasteiger partial charge in [-0.1, -0.05) is 37.9 Å². The van der Waals surface area contributed by atoms with Crippen LogP contribution in [0.4, 0.5) is 0 Å². The zero-order valence-electron chi connectivity index (χ0n) is 14.7. The van der Waals surface area contributed by atoms with E-state index in [9.17, 15) is 0 Å². The van der Waals surface area contributed by atoms with E-state index in [1.807, 2.05) is 13.8 Å². The number of nitrogens with one attached hydrogen (secondary N) is 1. The predicted octanol–water partition coefficient (Wildman–Crippen LogP) is 3.71. The maximum absolute atomic E-state index is 8.74. The van der Waals surface area contributed by atoms with Crippen LogP contribution >= 0.6 is 24.8 Å². The molecule has 7 nitrogen and oxygen atoms in total. The van der Waals surface area contributed by atoms with Crippen molar-refractivity contribution in [1.29, 1.82) is 0 Å². The Hall–Kier alpha value is -0.111. The first-order valence-corrected chi connectivity index (χ1v) is 8.28. The van der Waals surface area contributed by atoms with Crippen LogP contribution in [0, 0.1) is 0 Å². The molecule has 0 bridgehead atoms. The van der Waals surface area contributed by atoms with Gasteiger partial charge in [0, 0.05) is 11.8 Å². The van der Waals surface area contributed by atoms with Gasteiger partial charge >= 0.3 is 22.4 Å². The SMILES string of the molecule is CCC([N-]CCCCNC(CC)/C(C)=N/O)/C(C)=N/O.Cl.Cl.[O]=[Tc+2]. The van der Waals surface area contributed by atoms with Crippen molar-refractivity contribution in [3.63, 3.8) is 0 Å². The summed E-state index contributed by atoms with van der Waals surface area (Å²) in [7, 11) is 0. The van der Waals surface area contributed by atoms with Crippen molar-refractivity contribution in [1.82, 2.24) is 5.32 Å². The summed E-state index contributed by atoms with van der Waals surface area (Å²) >= 11 is 0.900. The molecule has 0 aliphatic rings. The van der Waals surface area contributed by atoms with E-state index < -0.39 is 0 Å². The molecule has 0 aliphatic carbocycles. The molecule has 145 valence electrons. The minimum absolute atomic E-state index is 0. The summed E-state index contributed by atoms with van der Waals surface area (Å²) in [6.07, 6.45) is 3.78. The maximum atomic E-state index is 8.74. The molecule has 0 amide bonds. The number of unbranched alkanes of at least 4 members (excludes halogenated alkanes) is 1. The van der Waals surface area contributed by atoms with Crippen LogP contribution in [0.25, 0.3) is 5.32 Å². The molecule has 10 heteroatoms. The van der Waals surface area contributed by atoms with E-state index in [1.54, 1.807) is 6.92 Å². The van der Waals surface area contributed by atoms with E-state index in [0.717, 1.165) is 63.3 Å². The third-order valence-corrected chi connectivity index (χ3v) is 3.42. The molecular weight excluding hydrogens is 441 g/mol. The summed E-state index contributed by atoms with van der Waals surface area (Å²) in [6, 6.07) is 0.171. The standard InChI is InChI=1S/C14H29N4O2.2ClH.O.Tc/c1-5-13(11(3)17-19)15-9-7-8-10-16-14(6-2)12(4)18-20;;;;/h13-15,19-20H,5-10H2,1-4H3;2*1H;;/q-1;;;;+2/b17-11+,18-12+;;;;. The van der Waals surface area contributed by atoms with Crippen LogP contribution in [0.3, 0.4) is 0 Å². The van der Waals surface area contributed by atoms with Gasteiger partial charge in [-0.15, -0.1) is 36.5 Å². The first-order valence-electron chi connectivity index (χ1n) is 7.53. The van der Waals surface area contributed by atoms with Crippen LogP contribution in [0.5, 0.6) is 0 Å². The Morgan fingerprint density at radius 3 is 2.00 bits per heavy atom. The Balaban J connectivity index is -0.000000480. The van der Waals surface area contributed by atoms with Gasteiger partial charge in [-0.3, -0.25) is 0 Å². The number of halogens is 2. The normalized spacial score (nSPS) is 13.6. The van der Waals surface area contributed by atoms with Crippen molar-refractivity contribution in [2.45, 2.75) is 65.5 Å². The molecule has 0 spiro atoms. The third-order valence-electron chi connectivity index (χ3n) is 3.42.